The number of carbonyl (C=O) groups is 1. The summed E-state index contributed by atoms with van der Waals surface area (Å²) in [5, 5.41) is 0. The van der Waals surface area contributed by atoms with Gasteiger partial charge in [0.25, 0.3) is 0 Å². The standard InChI is InChI=1S/C25H45N2O2/c1-3-4-5-6-7-8-9-10-11-12-13-14-15-16-17-18-21-27-22-19-20-24(23-27)26-25(28)29-2/h19-20,22H,3-18,21,23H2,1-2H3/q+1. The summed E-state index contributed by atoms with van der Waals surface area (Å²) in [6.07, 6.45) is 27.7. The Morgan fingerprint density at radius 1 is 0.862 bits per heavy atom. The number of ether oxygens (including phenoxy) is 1. The zero-order valence-electron chi connectivity index (χ0n) is 19.2. The van der Waals surface area contributed by atoms with Crippen molar-refractivity contribution in [2.24, 2.45) is 4.99 Å². The molecule has 0 spiro atoms. The third-order valence-electron chi connectivity index (χ3n) is 5.66. The summed E-state index contributed by atoms with van der Waals surface area (Å²) in [5.41, 5.74) is 0.774. The zero-order valence-corrected chi connectivity index (χ0v) is 19.2. The Bertz CT molecular complexity index is 509. The van der Waals surface area contributed by atoms with Crippen molar-refractivity contribution in [3.05, 3.63) is 12.2 Å². The fraction of sp³-hybridized carbons (Fsp3) is 0.800. The maximum absolute atomic E-state index is 11.2. The van der Waals surface area contributed by atoms with Crippen molar-refractivity contribution in [2.45, 2.75) is 110 Å². The van der Waals surface area contributed by atoms with E-state index in [-0.39, 0.29) is 0 Å². The van der Waals surface area contributed by atoms with E-state index in [9.17, 15) is 4.79 Å². The number of rotatable bonds is 17. The SMILES string of the molecule is CCCCCCCCCCCCCCCCCC[N+]1=CC=CC(=NC(=O)OC)C1. The lowest BCUT2D eigenvalue weighted by atomic mass is 10.0. The predicted octanol–water partition coefficient (Wildman–Crippen LogP) is 7.11. The van der Waals surface area contributed by atoms with Gasteiger partial charge >= 0.3 is 6.09 Å². The number of hydrogen-bond donors (Lipinski definition) is 0. The van der Waals surface area contributed by atoms with E-state index in [1.807, 2.05) is 12.2 Å². The highest BCUT2D eigenvalue weighted by molar-refractivity contribution is 6.04. The quantitative estimate of drug-likeness (QED) is 0.191. The molecule has 0 fully saturated rings. The van der Waals surface area contributed by atoms with Gasteiger partial charge in [0.05, 0.1) is 7.11 Å². The van der Waals surface area contributed by atoms with Crippen LogP contribution < -0.4 is 0 Å². The van der Waals surface area contributed by atoms with Crippen molar-refractivity contribution in [1.82, 2.24) is 0 Å². The second-order valence-electron chi connectivity index (χ2n) is 8.36. The smallest absolute Gasteiger partial charge is 0.433 e. The average molecular weight is 406 g/mol. The van der Waals surface area contributed by atoms with Gasteiger partial charge in [0.15, 0.2) is 12.8 Å². The second-order valence-corrected chi connectivity index (χ2v) is 8.36. The van der Waals surface area contributed by atoms with Gasteiger partial charge in [-0.15, -0.1) is 0 Å². The molecule has 1 aliphatic rings. The van der Waals surface area contributed by atoms with Gasteiger partial charge in [-0.2, -0.15) is 4.99 Å². The lowest BCUT2D eigenvalue weighted by molar-refractivity contribution is -0.508. The van der Waals surface area contributed by atoms with Crippen LogP contribution in [0, 0.1) is 0 Å². The molecule has 0 saturated carbocycles. The van der Waals surface area contributed by atoms with Gasteiger partial charge in [-0.1, -0.05) is 96.8 Å². The van der Waals surface area contributed by atoms with E-state index in [0.717, 1.165) is 12.3 Å². The van der Waals surface area contributed by atoms with Gasteiger partial charge in [-0.25, -0.2) is 9.37 Å². The monoisotopic (exact) mass is 405 g/mol. The Hall–Kier alpha value is -1.45. The Labute approximate surface area is 179 Å². The molecule has 0 aromatic carbocycles. The average Bonchev–Trinajstić information content (AvgIpc) is 2.73. The lowest BCUT2D eigenvalue weighted by Crippen LogP contribution is -2.25. The highest BCUT2D eigenvalue weighted by Crippen LogP contribution is 2.13. The Kier molecular flexibility index (Phi) is 16.4. The third kappa shape index (κ3) is 15.1. The van der Waals surface area contributed by atoms with Crippen molar-refractivity contribution >= 4 is 18.0 Å². The van der Waals surface area contributed by atoms with E-state index < -0.39 is 6.09 Å². The highest BCUT2D eigenvalue weighted by Gasteiger charge is 2.12. The molecule has 0 aromatic heterocycles. The molecule has 4 nitrogen and oxygen atoms in total. The van der Waals surface area contributed by atoms with Gasteiger partial charge < -0.3 is 4.74 Å². The molecule has 1 heterocycles. The maximum atomic E-state index is 11.2. The van der Waals surface area contributed by atoms with Crippen LogP contribution in [0.2, 0.25) is 0 Å². The van der Waals surface area contributed by atoms with E-state index in [1.165, 1.54) is 110 Å². The van der Waals surface area contributed by atoms with Crippen LogP contribution in [0.4, 0.5) is 4.79 Å². The largest absolute Gasteiger partial charge is 0.451 e. The van der Waals surface area contributed by atoms with Crippen molar-refractivity contribution < 1.29 is 14.1 Å². The van der Waals surface area contributed by atoms with Crippen LogP contribution in [0.3, 0.4) is 0 Å². The minimum absolute atomic E-state index is 0.520. The zero-order chi connectivity index (χ0) is 21.0. The van der Waals surface area contributed by atoms with Crippen LogP contribution in [-0.2, 0) is 4.74 Å². The number of aliphatic imine (C=N–C) groups is 1. The minimum Gasteiger partial charge on any atom is -0.451 e. The molecular weight excluding hydrogens is 360 g/mol. The summed E-state index contributed by atoms with van der Waals surface area (Å²) in [5.74, 6) is 0. The van der Waals surface area contributed by atoms with Gasteiger partial charge in [-0.05, 0) is 12.5 Å². The van der Waals surface area contributed by atoms with E-state index in [0.29, 0.717) is 6.54 Å². The molecule has 1 aliphatic heterocycles. The maximum Gasteiger partial charge on any atom is 0.433 e. The van der Waals surface area contributed by atoms with Crippen LogP contribution in [-0.4, -0.2) is 42.8 Å². The first-order valence-electron chi connectivity index (χ1n) is 12.2. The molecular formula is C25H45N2O2+. The van der Waals surface area contributed by atoms with Crippen molar-refractivity contribution in [3.8, 4) is 0 Å². The molecule has 4 heteroatoms. The Balaban J connectivity index is 1.86. The van der Waals surface area contributed by atoms with E-state index >= 15 is 0 Å². The molecule has 0 saturated heterocycles. The lowest BCUT2D eigenvalue weighted by Gasteiger charge is -2.07. The van der Waals surface area contributed by atoms with Gasteiger partial charge in [0.2, 0.25) is 0 Å². The first-order chi connectivity index (χ1) is 14.3. The van der Waals surface area contributed by atoms with E-state index in [2.05, 4.69) is 27.4 Å². The van der Waals surface area contributed by atoms with Crippen LogP contribution in [0.15, 0.2) is 17.1 Å². The number of amides is 1. The number of allylic oxidation sites excluding steroid dienone is 1. The van der Waals surface area contributed by atoms with Gasteiger partial charge in [0, 0.05) is 12.5 Å². The fourth-order valence-electron chi connectivity index (χ4n) is 3.84. The molecule has 1 amide bonds. The number of unbranched alkanes of at least 4 members (excludes halogenated alkanes) is 15. The van der Waals surface area contributed by atoms with Crippen LogP contribution >= 0.6 is 0 Å². The summed E-state index contributed by atoms with van der Waals surface area (Å²) in [4.78, 5) is 15.2. The van der Waals surface area contributed by atoms with Gasteiger partial charge in [0.1, 0.15) is 12.3 Å². The van der Waals surface area contributed by atoms with E-state index in [1.54, 1.807) is 0 Å². The number of carbonyl (C=O) groups excluding carboxylic acids is 1. The molecule has 0 N–H and O–H groups in total. The predicted molar refractivity (Wildman–Crippen MR) is 125 cm³/mol. The molecule has 29 heavy (non-hydrogen) atoms. The first-order valence-corrected chi connectivity index (χ1v) is 12.2. The highest BCUT2D eigenvalue weighted by atomic mass is 16.5. The molecule has 0 unspecified atom stereocenters. The van der Waals surface area contributed by atoms with Crippen LogP contribution in [0.25, 0.3) is 0 Å². The third-order valence-corrected chi connectivity index (χ3v) is 5.66. The summed E-state index contributed by atoms with van der Waals surface area (Å²) in [6, 6.07) is 0. The van der Waals surface area contributed by atoms with Crippen molar-refractivity contribution in [1.29, 1.82) is 0 Å². The number of hydrogen-bond acceptors (Lipinski definition) is 2. The van der Waals surface area contributed by atoms with Crippen molar-refractivity contribution in [2.75, 3.05) is 20.2 Å². The number of nitrogens with zero attached hydrogens (tertiary/aromatic N) is 2. The summed E-state index contributed by atoms with van der Waals surface area (Å²) >= 11 is 0. The summed E-state index contributed by atoms with van der Waals surface area (Å²) in [6.45, 7) is 4.01. The molecule has 0 atom stereocenters. The molecule has 0 aromatic rings. The topological polar surface area (TPSA) is 41.7 Å². The summed E-state index contributed by atoms with van der Waals surface area (Å²) in [7, 11) is 1.36. The van der Waals surface area contributed by atoms with E-state index in [4.69, 9.17) is 0 Å². The summed E-state index contributed by atoms with van der Waals surface area (Å²) < 4.78 is 6.82. The molecule has 1 rings (SSSR count). The molecule has 166 valence electrons. The normalized spacial score (nSPS) is 15.0. The van der Waals surface area contributed by atoms with Gasteiger partial charge in [-0.3, -0.25) is 0 Å². The Morgan fingerprint density at radius 3 is 1.83 bits per heavy atom. The minimum atomic E-state index is -0.520. The molecule has 0 radical (unpaired) electrons. The second kappa shape index (κ2) is 18.6. The van der Waals surface area contributed by atoms with Crippen LogP contribution in [0.5, 0.6) is 0 Å². The Morgan fingerprint density at radius 2 is 1.34 bits per heavy atom. The molecule has 0 bridgehead atoms. The number of methoxy groups -OCH3 is 1. The van der Waals surface area contributed by atoms with Crippen LogP contribution in [0.1, 0.15) is 110 Å². The first kappa shape index (κ1) is 25.6. The fourth-order valence-corrected chi connectivity index (χ4v) is 3.84. The molecule has 0 aliphatic carbocycles. The van der Waals surface area contributed by atoms with Crippen molar-refractivity contribution in [3.63, 3.8) is 0 Å².